The molecule has 1 amide bonds. The summed E-state index contributed by atoms with van der Waals surface area (Å²) >= 11 is 0. The highest BCUT2D eigenvalue weighted by Crippen LogP contribution is 2.38. The van der Waals surface area contributed by atoms with Gasteiger partial charge >= 0.3 is 0 Å². The van der Waals surface area contributed by atoms with Crippen molar-refractivity contribution >= 4 is 13.7 Å². The summed E-state index contributed by atoms with van der Waals surface area (Å²) in [5.74, 6) is -0.229. The fourth-order valence-electron chi connectivity index (χ4n) is 7.44. The summed E-state index contributed by atoms with van der Waals surface area (Å²) in [6.45, 7) is 4.68. The average molecular weight is 855 g/mol. The molecule has 0 fully saturated rings. The Hall–Kier alpha value is -1.02. The van der Waals surface area contributed by atoms with Crippen molar-refractivity contribution in [1.82, 2.24) is 5.32 Å². The molecule has 59 heavy (non-hydrogen) atoms. The van der Waals surface area contributed by atoms with E-state index in [9.17, 15) is 19.4 Å². The number of hydrogen-bond acceptors (Lipinski definition) is 6. The second-order valence-electron chi connectivity index (χ2n) is 18.5. The molecule has 9 heteroatoms. The van der Waals surface area contributed by atoms with Crippen LogP contribution in [0.3, 0.4) is 0 Å². The topological polar surface area (TPSA) is 108 Å². The maximum absolute atomic E-state index is 12.8. The van der Waals surface area contributed by atoms with Gasteiger partial charge in [0.25, 0.3) is 7.82 Å². The van der Waals surface area contributed by atoms with Gasteiger partial charge in [-0.15, -0.1) is 0 Å². The molecule has 3 atom stereocenters. The van der Waals surface area contributed by atoms with Crippen LogP contribution in [-0.2, 0) is 18.4 Å². The first-order valence-electron chi connectivity index (χ1n) is 25.2. The van der Waals surface area contributed by atoms with Crippen molar-refractivity contribution in [3.05, 3.63) is 24.3 Å². The van der Waals surface area contributed by atoms with Crippen LogP contribution in [0.15, 0.2) is 24.3 Å². The number of likely N-dealkylation sites (N-methyl/N-ethyl adjacent to an activating group) is 1. The number of allylic oxidation sites excluding steroid dienone is 4. The zero-order valence-corrected chi connectivity index (χ0v) is 40.6. The third-order valence-electron chi connectivity index (χ3n) is 11.5. The summed E-state index contributed by atoms with van der Waals surface area (Å²) < 4.78 is 23.3. The minimum absolute atomic E-state index is 0.00393. The minimum atomic E-state index is -4.58. The van der Waals surface area contributed by atoms with Crippen molar-refractivity contribution in [2.45, 2.75) is 251 Å². The van der Waals surface area contributed by atoms with E-state index in [1.807, 2.05) is 27.2 Å². The number of nitrogens with one attached hydrogen (secondary N) is 1. The number of phosphoric acid groups is 1. The van der Waals surface area contributed by atoms with E-state index < -0.39 is 20.0 Å². The van der Waals surface area contributed by atoms with Gasteiger partial charge in [-0.1, -0.05) is 224 Å². The number of carbonyl (C=O) groups excluding carboxylic acids is 1. The van der Waals surface area contributed by atoms with Crippen LogP contribution in [0.5, 0.6) is 0 Å². The van der Waals surface area contributed by atoms with Crippen molar-refractivity contribution in [3.8, 4) is 0 Å². The molecule has 0 saturated heterocycles. The molecule has 0 spiro atoms. The molecule has 0 heterocycles. The molecular formula is C50H99N2O6P. The SMILES string of the molecule is CCCCCCCC/C=C\C/C=C\CCC(=O)NC(COP(=O)([O-])OCC[N+](C)(C)C)C(O)CCCCCCCCCCCCCCCCCCCCCCCCCC. The Morgan fingerprint density at radius 1 is 0.593 bits per heavy atom. The third-order valence-corrected chi connectivity index (χ3v) is 12.4. The van der Waals surface area contributed by atoms with Crippen LogP contribution < -0.4 is 10.2 Å². The number of rotatable bonds is 46. The third kappa shape index (κ3) is 44.8. The molecule has 0 radical (unpaired) electrons. The minimum Gasteiger partial charge on any atom is -0.756 e. The number of aliphatic hydroxyl groups is 1. The van der Waals surface area contributed by atoms with E-state index >= 15 is 0 Å². The molecule has 0 bridgehead atoms. The molecule has 0 rings (SSSR count). The van der Waals surface area contributed by atoms with Crippen molar-refractivity contribution in [3.63, 3.8) is 0 Å². The molecule has 0 aromatic heterocycles. The zero-order valence-electron chi connectivity index (χ0n) is 39.7. The van der Waals surface area contributed by atoms with Crippen LogP contribution in [0.1, 0.15) is 239 Å². The van der Waals surface area contributed by atoms with Crippen LogP contribution in [0.2, 0.25) is 0 Å². The largest absolute Gasteiger partial charge is 0.756 e. The molecular weight excluding hydrogens is 756 g/mol. The van der Waals surface area contributed by atoms with Crippen LogP contribution in [0.25, 0.3) is 0 Å². The van der Waals surface area contributed by atoms with Gasteiger partial charge in [0.1, 0.15) is 13.2 Å². The van der Waals surface area contributed by atoms with E-state index in [0.717, 1.165) is 32.1 Å². The van der Waals surface area contributed by atoms with Gasteiger partial charge in [0.15, 0.2) is 0 Å². The highest BCUT2D eigenvalue weighted by molar-refractivity contribution is 7.45. The lowest BCUT2D eigenvalue weighted by molar-refractivity contribution is -0.870. The highest BCUT2D eigenvalue weighted by Gasteiger charge is 2.24. The first-order chi connectivity index (χ1) is 28.5. The zero-order chi connectivity index (χ0) is 43.6. The molecule has 3 unspecified atom stereocenters. The summed E-state index contributed by atoms with van der Waals surface area (Å²) in [7, 11) is 1.28. The number of quaternary nitrogens is 1. The number of nitrogens with zero attached hydrogens (tertiary/aromatic N) is 1. The lowest BCUT2D eigenvalue weighted by atomic mass is 10.0. The second-order valence-corrected chi connectivity index (χ2v) is 19.9. The van der Waals surface area contributed by atoms with Gasteiger partial charge in [-0.2, -0.15) is 0 Å². The van der Waals surface area contributed by atoms with Gasteiger partial charge in [-0.25, -0.2) is 0 Å². The molecule has 8 nitrogen and oxygen atoms in total. The van der Waals surface area contributed by atoms with Crippen molar-refractivity contribution in [2.24, 2.45) is 0 Å². The molecule has 0 aliphatic rings. The Balaban J connectivity index is 4.22. The number of aliphatic hydroxyl groups excluding tert-OH is 1. The highest BCUT2D eigenvalue weighted by atomic mass is 31.2. The standard InChI is InChI=1S/C50H99N2O6P/c1-6-8-10-12-14-16-18-20-21-22-23-24-25-26-27-28-29-30-32-33-35-37-39-41-43-49(53)48(47-58-59(55,56)57-46-45-52(3,4)5)51-50(54)44-42-40-38-36-34-31-19-17-15-13-11-9-7-2/h31,34,38,40,48-49,53H,6-30,32-33,35-37,39,41-47H2,1-5H3,(H-,51,54,55,56)/b34-31-,40-38-. The van der Waals surface area contributed by atoms with Gasteiger partial charge < -0.3 is 28.8 Å². The normalized spacial score (nSPS) is 14.4. The summed E-state index contributed by atoms with van der Waals surface area (Å²) in [4.78, 5) is 25.3. The van der Waals surface area contributed by atoms with Crippen LogP contribution >= 0.6 is 7.82 Å². The monoisotopic (exact) mass is 855 g/mol. The smallest absolute Gasteiger partial charge is 0.268 e. The summed E-state index contributed by atoms with van der Waals surface area (Å²) in [5, 5.41) is 13.9. The van der Waals surface area contributed by atoms with E-state index in [4.69, 9.17) is 9.05 Å². The van der Waals surface area contributed by atoms with E-state index in [2.05, 4.69) is 37.4 Å². The van der Waals surface area contributed by atoms with Crippen molar-refractivity contribution < 1.29 is 32.9 Å². The number of hydrogen-bond donors (Lipinski definition) is 2. The predicted molar refractivity (Wildman–Crippen MR) is 252 cm³/mol. The first-order valence-corrected chi connectivity index (χ1v) is 26.6. The predicted octanol–water partition coefficient (Wildman–Crippen LogP) is 13.8. The summed E-state index contributed by atoms with van der Waals surface area (Å²) in [5.41, 5.74) is 0. The lowest BCUT2D eigenvalue weighted by Crippen LogP contribution is -2.46. The fourth-order valence-corrected chi connectivity index (χ4v) is 8.17. The van der Waals surface area contributed by atoms with E-state index in [1.165, 1.54) is 173 Å². The number of carbonyl (C=O) groups is 1. The van der Waals surface area contributed by atoms with Crippen LogP contribution in [0.4, 0.5) is 0 Å². The Kier molecular flexibility index (Phi) is 41.6. The Labute approximate surface area is 366 Å². The number of amides is 1. The fraction of sp³-hybridized carbons (Fsp3) is 0.900. The molecule has 0 aliphatic heterocycles. The maximum Gasteiger partial charge on any atom is 0.268 e. The van der Waals surface area contributed by atoms with Gasteiger partial charge in [-0.05, 0) is 32.1 Å². The van der Waals surface area contributed by atoms with Crippen LogP contribution in [0, 0.1) is 0 Å². The van der Waals surface area contributed by atoms with Crippen LogP contribution in [-0.4, -0.2) is 68.5 Å². The summed E-state index contributed by atoms with van der Waals surface area (Å²) in [6.07, 6.45) is 50.7. The van der Waals surface area contributed by atoms with Gasteiger partial charge in [0.2, 0.25) is 5.91 Å². The Bertz CT molecular complexity index is 1020. The summed E-state index contributed by atoms with van der Waals surface area (Å²) in [6, 6.07) is -0.829. The first kappa shape index (κ1) is 58.0. The molecule has 0 saturated carbocycles. The van der Waals surface area contributed by atoms with Gasteiger partial charge in [-0.3, -0.25) is 9.36 Å². The lowest BCUT2D eigenvalue weighted by Gasteiger charge is -2.30. The molecule has 2 N–H and O–H groups in total. The number of phosphoric ester groups is 1. The van der Waals surface area contributed by atoms with E-state index in [0.29, 0.717) is 23.9 Å². The molecule has 350 valence electrons. The second kappa shape index (κ2) is 42.3. The number of unbranched alkanes of at least 4 members (excludes halogenated alkanes) is 29. The van der Waals surface area contributed by atoms with Gasteiger partial charge in [0, 0.05) is 6.42 Å². The molecule has 0 aromatic rings. The Morgan fingerprint density at radius 3 is 1.41 bits per heavy atom. The van der Waals surface area contributed by atoms with E-state index in [1.54, 1.807) is 0 Å². The maximum atomic E-state index is 12.8. The van der Waals surface area contributed by atoms with Gasteiger partial charge in [0.05, 0.1) is 39.9 Å². The van der Waals surface area contributed by atoms with Crippen molar-refractivity contribution in [2.75, 3.05) is 40.9 Å². The Morgan fingerprint density at radius 2 is 0.983 bits per heavy atom. The van der Waals surface area contributed by atoms with E-state index in [-0.39, 0.29) is 25.5 Å². The quantitative estimate of drug-likeness (QED) is 0.0273. The van der Waals surface area contributed by atoms with Crippen molar-refractivity contribution in [1.29, 1.82) is 0 Å². The average Bonchev–Trinajstić information content (AvgIpc) is 3.19. The molecule has 0 aliphatic carbocycles. The molecule has 0 aromatic carbocycles.